The topological polar surface area (TPSA) is 96.8 Å². The molecule has 176 valence electrons. The Morgan fingerprint density at radius 2 is 2.09 bits per heavy atom. The highest BCUT2D eigenvalue weighted by molar-refractivity contribution is 6.12. The minimum atomic E-state index is -2.99. The summed E-state index contributed by atoms with van der Waals surface area (Å²) in [7, 11) is 0. The zero-order chi connectivity index (χ0) is 23.0. The van der Waals surface area contributed by atoms with Crippen molar-refractivity contribution in [1.29, 1.82) is 5.41 Å². The number of rotatable bonds is 8. The Morgan fingerprint density at radius 1 is 1.38 bits per heavy atom. The molecule has 3 atom stereocenters. The van der Waals surface area contributed by atoms with Crippen LogP contribution in [-0.2, 0) is 4.74 Å². The lowest BCUT2D eigenvalue weighted by atomic mass is 9.96. The van der Waals surface area contributed by atoms with Crippen LogP contribution in [0.25, 0.3) is 0 Å². The van der Waals surface area contributed by atoms with E-state index in [1.807, 2.05) is 13.8 Å². The third-order valence-electron chi connectivity index (χ3n) is 6.82. The van der Waals surface area contributed by atoms with Gasteiger partial charge in [0.2, 0.25) is 0 Å². The van der Waals surface area contributed by atoms with Crippen molar-refractivity contribution in [2.24, 2.45) is 22.7 Å². The first kappa shape index (κ1) is 23.0. The Morgan fingerprint density at radius 3 is 2.72 bits per heavy atom. The summed E-state index contributed by atoms with van der Waals surface area (Å²) in [5.74, 6) is 1.33. The van der Waals surface area contributed by atoms with E-state index in [0.29, 0.717) is 47.6 Å². The van der Waals surface area contributed by atoms with Crippen LogP contribution in [0, 0.1) is 23.2 Å². The van der Waals surface area contributed by atoms with Gasteiger partial charge >= 0.3 is 6.61 Å². The van der Waals surface area contributed by atoms with Gasteiger partial charge in [0.25, 0.3) is 0 Å². The molecule has 0 bridgehead atoms. The molecule has 3 aliphatic rings. The maximum atomic E-state index is 12.6. The highest BCUT2D eigenvalue weighted by Crippen LogP contribution is 2.59. The molecule has 7 nitrogen and oxygen atoms in total. The standard InChI is InChI=1S/C23H33F2N5O2/c1-12(2)29-19(9-18(26)14-6-20(32-23(24)25)22(27)28-10-14)21-16-7-15(8-17(16)21)30-4-5-31-13(3)11-30/h6,10,12-13,15-17,21,23,26H,4-5,7-9,11H2,1-3H3,(H2,27,28). The Bertz CT molecular complexity index is 866. The fraction of sp³-hybridized carbons (Fsp3) is 0.696. The number of nitrogens with one attached hydrogen (secondary N) is 1. The second-order valence-corrected chi connectivity index (χ2v) is 9.51. The van der Waals surface area contributed by atoms with Crippen LogP contribution < -0.4 is 10.5 Å². The third kappa shape index (κ3) is 5.09. The molecular weight excluding hydrogens is 416 g/mol. The summed E-state index contributed by atoms with van der Waals surface area (Å²) in [6, 6.07) is 2.12. The minimum Gasteiger partial charge on any atom is -0.431 e. The molecule has 0 spiro atoms. The molecule has 1 aliphatic heterocycles. The average Bonchev–Trinajstić information content (AvgIpc) is 3.21. The highest BCUT2D eigenvalue weighted by atomic mass is 19.3. The minimum absolute atomic E-state index is 0.113. The zero-order valence-corrected chi connectivity index (χ0v) is 18.9. The van der Waals surface area contributed by atoms with E-state index in [-0.39, 0.29) is 17.6 Å². The van der Waals surface area contributed by atoms with Gasteiger partial charge in [0, 0.05) is 60.7 Å². The monoisotopic (exact) mass is 449 g/mol. The number of nitrogens with zero attached hydrogens (tertiary/aromatic N) is 3. The number of nitrogens with two attached hydrogens (primary N) is 1. The molecule has 0 radical (unpaired) electrons. The summed E-state index contributed by atoms with van der Waals surface area (Å²) in [4.78, 5) is 11.4. The summed E-state index contributed by atoms with van der Waals surface area (Å²) < 4.78 is 35.4. The number of pyridine rings is 1. The van der Waals surface area contributed by atoms with Crippen LogP contribution >= 0.6 is 0 Å². The number of aliphatic imine (C=N–C) groups is 1. The fourth-order valence-electron chi connectivity index (χ4n) is 5.46. The number of halogens is 2. The Kier molecular flexibility index (Phi) is 6.76. The van der Waals surface area contributed by atoms with Gasteiger partial charge in [0.1, 0.15) is 0 Å². The molecule has 4 rings (SSSR count). The zero-order valence-electron chi connectivity index (χ0n) is 18.9. The molecular formula is C23H33F2N5O2. The van der Waals surface area contributed by atoms with Gasteiger partial charge in [-0.2, -0.15) is 8.78 Å². The molecule has 2 saturated carbocycles. The van der Waals surface area contributed by atoms with Crippen molar-refractivity contribution in [3.05, 3.63) is 17.8 Å². The summed E-state index contributed by atoms with van der Waals surface area (Å²) in [5.41, 5.74) is 7.40. The van der Waals surface area contributed by atoms with Crippen LogP contribution in [-0.4, -0.2) is 65.8 Å². The lowest BCUT2D eigenvalue weighted by Gasteiger charge is -2.36. The number of alkyl halides is 2. The molecule has 0 amide bonds. The van der Waals surface area contributed by atoms with Gasteiger partial charge in [-0.05, 0) is 51.5 Å². The van der Waals surface area contributed by atoms with Crippen molar-refractivity contribution < 1.29 is 18.3 Å². The molecule has 3 unspecified atom stereocenters. The SMILES string of the molecule is CC(C)N=C(CC(=N)c1cnc(N)c(OC(F)F)c1)C1C2CC(N3CCOC(C)C3)CC21. The first-order chi connectivity index (χ1) is 15.2. The number of fused-ring (bicyclic) bond motifs is 1. The first-order valence-corrected chi connectivity index (χ1v) is 11.4. The lowest BCUT2D eigenvalue weighted by Crippen LogP contribution is -2.46. The number of anilines is 1. The van der Waals surface area contributed by atoms with Crippen LogP contribution in [0.15, 0.2) is 17.3 Å². The van der Waals surface area contributed by atoms with E-state index in [1.165, 1.54) is 25.1 Å². The molecule has 0 aromatic carbocycles. The Labute approximate surface area is 187 Å². The summed E-state index contributed by atoms with van der Waals surface area (Å²) in [6.45, 7) is 6.03. The van der Waals surface area contributed by atoms with Crippen molar-refractivity contribution in [2.45, 2.75) is 64.8 Å². The van der Waals surface area contributed by atoms with E-state index in [4.69, 9.17) is 20.9 Å². The summed E-state index contributed by atoms with van der Waals surface area (Å²) in [5, 5.41) is 8.58. The van der Waals surface area contributed by atoms with Crippen molar-refractivity contribution in [1.82, 2.24) is 9.88 Å². The van der Waals surface area contributed by atoms with Crippen molar-refractivity contribution in [3.63, 3.8) is 0 Å². The second kappa shape index (κ2) is 9.39. The summed E-state index contributed by atoms with van der Waals surface area (Å²) in [6.07, 6.45) is 4.45. The lowest BCUT2D eigenvalue weighted by molar-refractivity contribution is -0.0495. The number of hydrogen-bond acceptors (Lipinski definition) is 7. The third-order valence-corrected chi connectivity index (χ3v) is 6.82. The van der Waals surface area contributed by atoms with Crippen molar-refractivity contribution in [2.75, 3.05) is 25.4 Å². The number of hydrogen-bond donors (Lipinski definition) is 2. The molecule has 1 aromatic heterocycles. The van der Waals surface area contributed by atoms with Gasteiger partial charge in [-0.1, -0.05) is 0 Å². The number of ether oxygens (including phenoxy) is 2. The Balaban J connectivity index is 1.41. The quantitative estimate of drug-likeness (QED) is 0.591. The van der Waals surface area contributed by atoms with E-state index < -0.39 is 6.61 Å². The molecule has 3 N–H and O–H groups in total. The van der Waals surface area contributed by atoms with Crippen molar-refractivity contribution >= 4 is 17.2 Å². The molecule has 2 aliphatic carbocycles. The van der Waals surface area contributed by atoms with E-state index in [9.17, 15) is 8.78 Å². The fourth-order valence-corrected chi connectivity index (χ4v) is 5.46. The smallest absolute Gasteiger partial charge is 0.387 e. The van der Waals surface area contributed by atoms with Gasteiger partial charge < -0.3 is 20.6 Å². The molecule has 3 fully saturated rings. The number of aromatic nitrogens is 1. The second-order valence-electron chi connectivity index (χ2n) is 9.51. The number of nitrogen functional groups attached to an aromatic ring is 1. The van der Waals surface area contributed by atoms with E-state index in [2.05, 4.69) is 21.5 Å². The van der Waals surface area contributed by atoms with Crippen LogP contribution in [0.4, 0.5) is 14.6 Å². The van der Waals surface area contributed by atoms with Crippen LogP contribution in [0.1, 0.15) is 45.6 Å². The molecule has 1 saturated heterocycles. The maximum absolute atomic E-state index is 12.6. The highest BCUT2D eigenvalue weighted by Gasteiger charge is 2.58. The normalized spacial score (nSPS) is 30.6. The molecule has 32 heavy (non-hydrogen) atoms. The summed E-state index contributed by atoms with van der Waals surface area (Å²) >= 11 is 0. The van der Waals surface area contributed by atoms with E-state index in [1.54, 1.807) is 0 Å². The van der Waals surface area contributed by atoms with E-state index >= 15 is 0 Å². The van der Waals surface area contributed by atoms with Gasteiger partial charge in [-0.25, -0.2) is 4.98 Å². The predicted molar refractivity (Wildman–Crippen MR) is 120 cm³/mol. The van der Waals surface area contributed by atoms with Crippen molar-refractivity contribution in [3.8, 4) is 5.75 Å². The van der Waals surface area contributed by atoms with E-state index in [0.717, 1.165) is 25.4 Å². The van der Waals surface area contributed by atoms with Gasteiger partial charge in [-0.3, -0.25) is 9.89 Å². The van der Waals surface area contributed by atoms with Crippen LogP contribution in [0.2, 0.25) is 0 Å². The van der Waals surface area contributed by atoms with Gasteiger partial charge in [-0.15, -0.1) is 0 Å². The molecule has 2 heterocycles. The Hall–Kier alpha value is -2.13. The predicted octanol–water partition coefficient (Wildman–Crippen LogP) is 3.62. The maximum Gasteiger partial charge on any atom is 0.387 e. The average molecular weight is 450 g/mol. The van der Waals surface area contributed by atoms with Crippen LogP contribution in [0.5, 0.6) is 5.75 Å². The van der Waals surface area contributed by atoms with Gasteiger partial charge in [0.15, 0.2) is 11.6 Å². The first-order valence-electron chi connectivity index (χ1n) is 11.4. The molecule has 9 heteroatoms. The van der Waals surface area contributed by atoms with Crippen LogP contribution in [0.3, 0.4) is 0 Å². The number of morpholine rings is 1. The van der Waals surface area contributed by atoms with Gasteiger partial charge in [0.05, 0.1) is 12.7 Å². The molecule has 1 aromatic rings. The largest absolute Gasteiger partial charge is 0.431 e.